The molecule has 0 spiro atoms. The Morgan fingerprint density at radius 2 is 1.79 bits per heavy atom. The maximum Gasteiger partial charge on any atom is 0.332 e. The molecule has 1 aromatic rings. The molecule has 19 heavy (non-hydrogen) atoms. The number of rotatable bonds is 4. The smallest absolute Gasteiger partial charge is 0.332 e. The summed E-state index contributed by atoms with van der Waals surface area (Å²) in [6, 6.07) is 9.00. The predicted molar refractivity (Wildman–Crippen MR) is 72.5 cm³/mol. The van der Waals surface area contributed by atoms with Crippen molar-refractivity contribution in [2.75, 3.05) is 0 Å². The van der Waals surface area contributed by atoms with Crippen LogP contribution in [-0.4, -0.2) is 22.6 Å². The summed E-state index contributed by atoms with van der Waals surface area (Å²) >= 11 is 0. The summed E-state index contributed by atoms with van der Waals surface area (Å²) in [5.74, 6) is -1.66. The van der Waals surface area contributed by atoms with Crippen LogP contribution in [0.4, 0.5) is 0 Å². The number of hydrogen-bond acceptors (Lipinski definition) is 3. The van der Waals surface area contributed by atoms with Crippen molar-refractivity contribution in [1.82, 2.24) is 0 Å². The molecule has 0 unspecified atom stereocenters. The summed E-state index contributed by atoms with van der Waals surface area (Å²) in [5.41, 5.74) is 0.136. The van der Waals surface area contributed by atoms with E-state index >= 15 is 0 Å². The fourth-order valence-corrected chi connectivity index (χ4v) is 1.47. The van der Waals surface area contributed by atoms with E-state index < -0.39 is 17.5 Å². The average Bonchev–Trinajstić information content (AvgIpc) is 2.26. The van der Waals surface area contributed by atoms with Crippen LogP contribution in [0.5, 0.6) is 0 Å². The first-order chi connectivity index (χ1) is 8.78. The second-order valence-electron chi connectivity index (χ2n) is 5.15. The molecule has 1 aromatic carbocycles. The van der Waals surface area contributed by atoms with Crippen molar-refractivity contribution < 1.29 is 19.4 Å². The predicted octanol–water partition coefficient (Wildman–Crippen LogP) is 2.89. The van der Waals surface area contributed by atoms with Gasteiger partial charge in [0.25, 0.3) is 0 Å². The lowest BCUT2D eigenvalue weighted by molar-refractivity contribution is -0.155. The van der Waals surface area contributed by atoms with Gasteiger partial charge in [0.05, 0.1) is 6.42 Å². The van der Waals surface area contributed by atoms with Crippen molar-refractivity contribution in [2.45, 2.75) is 32.8 Å². The van der Waals surface area contributed by atoms with E-state index in [0.717, 1.165) is 5.56 Å². The lowest BCUT2D eigenvalue weighted by atomic mass is 10.1. The third kappa shape index (κ3) is 5.86. The van der Waals surface area contributed by atoms with Crippen LogP contribution in [0.15, 0.2) is 35.9 Å². The van der Waals surface area contributed by atoms with E-state index in [4.69, 9.17) is 9.84 Å². The zero-order chi connectivity index (χ0) is 14.5. The van der Waals surface area contributed by atoms with Crippen LogP contribution in [0.25, 0.3) is 6.08 Å². The molecule has 0 amide bonds. The third-order valence-corrected chi connectivity index (χ3v) is 2.17. The highest BCUT2D eigenvalue weighted by Gasteiger charge is 2.19. The Morgan fingerprint density at radius 3 is 2.26 bits per heavy atom. The van der Waals surface area contributed by atoms with Gasteiger partial charge in [-0.1, -0.05) is 30.3 Å². The number of carbonyl (C=O) groups excluding carboxylic acids is 1. The van der Waals surface area contributed by atoms with E-state index in [1.54, 1.807) is 45.0 Å². The molecule has 0 saturated carbocycles. The molecule has 0 bridgehead atoms. The second-order valence-corrected chi connectivity index (χ2v) is 5.15. The van der Waals surface area contributed by atoms with Crippen molar-refractivity contribution in [1.29, 1.82) is 0 Å². The van der Waals surface area contributed by atoms with Gasteiger partial charge in [-0.05, 0) is 32.4 Å². The van der Waals surface area contributed by atoms with Gasteiger partial charge in [-0.25, -0.2) is 4.79 Å². The van der Waals surface area contributed by atoms with Gasteiger partial charge in [0.2, 0.25) is 0 Å². The minimum Gasteiger partial charge on any atom is -0.478 e. The second kappa shape index (κ2) is 6.18. The molecule has 4 heteroatoms. The zero-order valence-electron chi connectivity index (χ0n) is 11.3. The largest absolute Gasteiger partial charge is 0.478 e. The normalized spacial score (nSPS) is 12.1. The minimum atomic E-state index is -1.12. The molecule has 0 aromatic heterocycles. The molecule has 0 radical (unpaired) electrons. The summed E-state index contributed by atoms with van der Waals surface area (Å²) in [5, 5.41) is 9.11. The molecule has 0 aliphatic rings. The summed E-state index contributed by atoms with van der Waals surface area (Å²) in [4.78, 5) is 22.8. The third-order valence-electron chi connectivity index (χ3n) is 2.17. The Morgan fingerprint density at radius 1 is 1.21 bits per heavy atom. The molecule has 0 aliphatic carbocycles. The Hall–Kier alpha value is -2.10. The van der Waals surface area contributed by atoms with Crippen LogP contribution in [0, 0.1) is 0 Å². The molecule has 0 aliphatic heterocycles. The molecule has 0 atom stereocenters. The summed E-state index contributed by atoms with van der Waals surface area (Å²) in [6.45, 7) is 5.23. The maximum absolute atomic E-state index is 11.6. The number of esters is 1. The quantitative estimate of drug-likeness (QED) is 0.669. The molecule has 1 N–H and O–H groups in total. The Bertz CT molecular complexity index is 481. The molecule has 102 valence electrons. The maximum atomic E-state index is 11.6. The van der Waals surface area contributed by atoms with E-state index in [-0.39, 0.29) is 12.0 Å². The van der Waals surface area contributed by atoms with Gasteiger partial charge in [0.15, 0.2) is 0 Å². The fourth-order valence-electron chi connectivity index (χ4n) is 1.47. The van der Waals surface area contributed by atoms with Crippen LogP contribution < -0.4 is 0 Å². The van der Waals surface area contributed by atoms with Crippen LogP contribution in [0.2, 0.25) is 0 Å². The van der Waals surface area contributed by atoms with E-state index in [0.29, 0.717) is 0 Å². The van der Waals surface area contributed by atoms with Gasteiger partial charge in [0, 0.05) is 5.57 Å². The van der Waals surface area contributed by atoms with Crippen LogP contribution in [0.1, 0.15) is 32.8 Å². The number of carboxylic acid groups (broad SMARTS) is 1. The lowest BCUT2D eigenvalue weighted by Crippen LogP contribution is -2.24. The van der Waals surface area contributed by atoms with Crippen molar-refractivity contribution in [3.63, 3.8) is 0 Å². The monoisotopic (exact) mass is 262 g/mol. The van der Waals surface area contributed by atoms with Crippen molar-refractivity contribution in [2.24, 2.45) is 0 Å². The van der Waals surface area contributed by atoms with Crippen LogP contribution in [0.3, 0.4) is 0 Å². The van der Waals surface area contributed by atoms with Crippen LogP contribution >= 0.6 is 0 Å². The van der Waals surface area contributed by atoms with Gasteiger partial charge in [0.1, 0.15) is 5.60 Å². The molecule has 0 fully saturated rings. The van der Waals surface area contributed by atoms with E-state index in [1.807, 2.05) is 6.07 Å². The summed E-state index contributed by atoms with van der Waals surface area (Å²) < 4.78 is 5.11. The van der Waals surface area contributed by atoms with Gasteiger partial charge in [-0.2, -0.15) is 0 Å². The first-order valence-corrected chi connectivity index (χ1v) is 5.99. The topological polar surface area (TPSA) is 63.6 Å². The fraction of sp³-hybridized carbons (Fsp3) is 0.333. The van der Waals surface area contributed by atoms with E-state index in [1.165, 1.54) is 6.08 Å². The highest BCUT2D eigenvalue weighted by molar-refractivity contribution is 5.97. The molecule has 0 saturated heterocycles. The van der Waals surface area contributed by atoms with Gasteiger partial charge in [-0.15, -0.1) is 0 Å². The number of carboxylic acids is 1. The minimum absolute atomic E-state index is 0.0143. The first kappa shape index (κ1) is 15.0. The van der Waals surface area contributed by atoms with E-state index in [9.17, 15) is 9.59 Å². The molecular weight excluding hydrogens is 244 g/mol. The number of benzene rings is 1. The van der Waals surface area contributed by atoms with Crippen molar-refractivity contribution in [3.8, 4) is 0 Å². The lowest BCUT2D eigenvalue weighted by Gasteiger charge is -2.19. The highest BCUT2D eigenvalue weighted by Crippen LogP contribution is 2.14. The zero-order valence-corrected chi connectivity index (χ0v) is 11.3. The number of ether oxygens (including phenoxy) is 1. The van der Waals surface area contributed by atoms with E-state index in [2.05, 4.69) is 0 Å². The number of carbonyl (C=O) groups is 2. The molecule has 1 rings (SSSR count). The Kier molecular flexibility index (Phi) is 4.87. The average molecular weight is 262 g/mol. The highest BCUT2D eigenvalue weighted by atomic mass is 16.6. The van der Waals surface area contributed by atoms with Crippen molar-refractivity contribution >= 4 is 18.0 Å². The Labute approximate surface area is 112 Å². The van der Waals surface area contributed by atoms with Crippen molar-refractivity contribution in [3.05, 3.63) is 41.5 Å². The standard InChI is InChI=1S/C15H18O4/c1-15(2,3)19-13(16)10-12(14(17)18)9-11-7-5-4-6-8-11/h4-9H,10H2,1-3H3,(H,17,18)/b12-9+. The Balaban J connectivity index is 2.83. The van der Waals surface area contributed by atoms with Gasteiger partial charge < -0.3 is 9.84 Å². The van der Waals surface area contributed by atoms with Gasteiger partial charge in [-0.3, -0.25) is 4.79 Å². The molecule has 0 heterocycles. The SMILES string of the molecule is CC(C)(C)OC(=O)C/C(=C\c1ccccc1)C(=O)O. The summed E-state index contributed by atoms with van der Waals surface area (Å²) in [7, 11) is 0. The number of hydrogen-bond donors (Lipinski definition) is 1. The van der Waals surface area contributed by atoms with Gasteiger partial charge >= 0.3 is 11.9 Å². The van der Waals surface area contributed by atoms with Crippen LogP contribution in [-0.2, 0) is 14.3 Å². The molecule has 4 nitrogen and oxygen atoms in total. The molecular formula is C15H18O4. The first-order valence-electron chi connectivity index (χ1n) is 5.99. The summed E-state index contributed by atoms with van der Waals surface area (Å²) in [6.07, 6.45) is 1.23. The number of aliphatic carboxylic acids is 1.